The highest BCUT2D eigenvalue weighted by Gasteiger charge is 2.24. The fourth-order valence-corrected chi connectivity index (χ4v) is 2.00. The molecule has 0 bridgehead atoms. The van der Waals surface area contributed by atoms with E-state index < -0.39 is 0 Å². The van der Waals surface area contributed by atoms with Gasteiger partial charge in [-0.25, -0.2) is 0 Å². The molecule has 2 N–H and O–H groups in total. The third-order valence-electron chi connectivity index (χ3n) is 3.57. The van der Waals surface area contributed by atoms with E-state index in [2.05, 4.69) is 24.0 Å². The van der Waals surface area contributed by atoms with Crippen molar-refractivity contribution in [2.75, 3.05) is 7.11 Å². The van der Waals surface area contributed by atoms with Gasteiger partial charge in [-0.2, -0.15) is 4.98 Å². The molecule has 20 heavy (non-hydrogen) atoms. The van der Waals surface area contributed by atoms with Gasteiger partial charge in [-0.05, 0) is 11.5 Å². The molecule has 0 fully saturated rings. The third kappa shape index (κ3) is 3.05. The fourth-order valence-electron chi connectivity index (χ4n) is 2.00. The van der Waals surface area contributed by atoms with Gasteiger partial charge in [0.1, 0.15) is 6.10 Å². The minimum atomic E-state index is -0.335. The topological polar surface area (TPSA) is 74.2 Å². The van der Waals surface area contributed by atoms with Crippen LogP contribution in [0, 0.1) is 5.92 Å². The maximum Gasteiger partial charge on any atom is 0.243 e. The van der Waals surface area contributed by atoms with Crippen LogP contribution in [-0.4, -0.2) is 17.3 Å². The summed E-state index contributed by atoms with van der Waals surface area (Å²) in [4.78, 5) is 4.40. The highest BCUT2D eigenvalue weighted by Crippen LogP contribution is 2.26. The van der Waals surface area contributed by atoms with Gasteiger partial charge in [-0.3, -0.25) is 0 Å². The number of aromatic nitrogens is 2. The summed E-state index contributed by atoms with van der Waals surface area (Å²) in [6, 6.07) is 9.56. The second kappa shape index (κ2) is 6.63. The van der Waals surface area contributed by atoms with Gasteiger partial charge in [0.2, 0.25) is 11.7 Å². The second-order valence-corrected chi connectivity index (χ2v) is 4.93. The molecule has 0 aliphatic heterocycles. The molecule has 5 heteroatoms. The highest BCUT2D eigenvalue weighted by atomic mass is 16.5. The van der Waals surface area contributed by atoms with E-state index >= 15 is 0 Å². The van der Waals surface area contributed by atoms with Crippen LogP contribution in [0.15, 0.2) is 34.9 Å². The van der Waals surface area contributed by atoms with Crippen LogP contribution < -0.4 is 5.73 Å². The molecule has 2 rings (SSSR count). The number of nitrogens with zero attached hydrogens (tertiary/aromatic N) is 2. The molecule has 3 atom stereocenters. The Bertz CT molecular complexity index is 527. The lowest BCUT2D eigenvalue weighted by atomic mass is 10.0. The Morgan fingerprint density at radius 3 is 2.60 bits per heavy atom. The van der Waals surface area contributed by atoms with Crippen molar-refractivity contribution in [1.82, 2.24) is 10.1 Å². The zero-order valence-corrected chi connectivity index (χ0v) is 12.1. The van der Waals surface area contributed by atoms with Crippen molar-refractivity contribution < 1.29 is 9.26 Å². The van der Waals surface area contributed by atoms with Crippen LogP contribution in [0.2, 0.25) is 0 Å². The Morgan fingerprint density at radius 1 is 1.30 bits per heavy atom. The molecule has 1 aromatic heterocycles. The monoisotopic (exact) mass is 275 g/mol. The first-order valence-corrected chi connectivity index (χ1v) is 6.84. The molecule has 5 nitrogen and oxygen atoms in total. The van der Waals surface area contributed by atoms with Crippen LogP contribution in [0.5, 0.6) is 0 Å². The summed E-state index contributed by atoms with van der Waals surface area (Å²) < 4.78 is 10.8. The van der Waals surface area contributed by atoms with Gasteiger partial charge < -0.3 is 15.0 Å². The molecule has 0 radical (unpaired) electrons. The normalized spacial score (nSPS) is 15.8. The number of methoxy groups -OCH3 is 1. The molecule has 0 aliphatic carbocycles. The highest BCUT2D eigenvalue weighted by molar-refractivity contribution is 5.22. The minimum absolute atomic E-state index is 0.241. The van der Waals surface area contributed by atoms with E-state index in [0.29, 0.717) is 17.6 Å². The van der Waals surface area contributed by atoms with Gasteiger partial charge in [-0.15, -0.1) is 0 Å². The van der Waals surface area contributed by atoms with Gasteiger partial charge in [0.05, 0.1) is 6.04 Å². The van der Waals surface area contributed by atoms with Gasteiger partial charge in [0, 0.05) is 7.11 Å². The van der Waals surface area contributed by atoms with E-state index in [9.17, 15) is 0 Å². The predicted octanol–water partition coefficient (Wildman–Crippen LogP) is 2.85. The molecule has 0 saturated carbocycles. The quantitative estimate of drug-likeness (QED) is 0.877. The molecule has 0 amide bonds. The number of benzene rings is 1. The van der Waals surface area contributed by atoms with Gasteiger partial charge in [-0.1, -0.05) is 55.8 Å². The molecule has 2 aromatic rings. The average Bonchev–Trinajstić information content (AvgIpc) is 2.97. The van der Waals surface area contributed by atoms with Crippen LogP contribution >= 0.6 is 0 Å². The van der Waals surface area contributed by atoms with E-state index in [-0.39, 0.29) is 12.1 Å². The molecule has 1 aromatic carbocycles. The van der Waals surface area contributed by atoms with E-state index in [1.54, 1.807) is 7.11 Å². The predicted molar refractivity (Wildman–Crippen MR) is 76.0 cm³/mol. The van der Waals surface area contributed by atoms with Crippen molar-refractivity contribution in [3.05, 3.63) is 47.6 Å². The molecule has 108 valence electrons. The number of nitrogens with two attached hydrogens (primary N) is 1. The zero-order chi connectivity index (χ0) is 14.5. The van der Waals surface area contributed by atoms with Gasteiger partial charge >= 0.3 is 0 Å². The lowest BCUT2D eigenvalue weighted by Gasteiger charge is -2.13. The largest absolute Gasteiger partial charge is 0.369 e. The number of hydrogen-bond acceptors (Lipinski definition) is 5. The van der Waals surface area contributed by atoms with Crippen molar-refractivity contribution in [3.8, 4) is 0 Å². The van der Waals surface area contributed by atoms with Crippen molar-refractivity contribution in [3.63, 3.8) is 0 Å². The Balaban J connectivity index is 2.23. The molecule has 1 heterocycles. The second-order valence-electron chi connectivity index (χ2n) is 4.93. The van der Waals surface area contributed by atoms with Crippen LogP contribution in [0.3, 0.4) is 0 Å². The maximum absolute atomic E-state index is 6.11. The Hall–Kier alpha value is -1.72. The van der Waals surface area contributed by atoms with E-state index in [0.717, 1.165) is 12.0 Å². The van der Waals surface area contributed by atoms with Crippen molar-refractivity contribution in [1.29, 1.82) is 0 Å². The summed E-state index contributed by atoms with van der Waals surface area (Å²) in [6.45, 7) is 4.16. The molecule has 0 spiro atoms. The number of hydrogen-bond donors (Lipinski definition) is 1. The Morgan fingerprint density at radius 2 is 2.00 bits per heavy atom. The molecule has 0 saturated heterocycles. The Labute approximate surface area is 119 Å². The smallest absolute Gasteiger partial charge is 0.243 e. The van der Waals surface area contributed by atoms with Crippen LogP contribution in [0.1, 0.15) is 49.7 Å². The van der Waals surface area contributed by atoms with Crippen LogP contribution in [0.4, 0.5) is 0 Å². The average molecular weight is 275 g/mol. The Kier molecular flexibility index (Phi) is 4.87. The minimum Gasteiger partial charge on any atom is -0.369 e. The van der Waals surface area contributed by atoms with Gasteiger partial charge in [0.25, 0.3) is 0 Å². The third-order valence-corrected chi connectivity index (χ3v) is 3.57. The van der Waals surface area contributed by atoms with Crippen LogP contribution in [-0.2, 0) is 4.74 Å². The maximum atomic E-state index is 6.11. The number of rotatable bonds is 6. The zero-order valence-electron chi connectivity index (χ0n) is 12.1. The van der Waals surface area contributed by atoms with E-state index in [1.807, 2.05) is 30.3 Å². The standard InChI is InChI=1S/C15H21N3O2/c1-4-10(2)12(16)15-17-14(18-20-15)13(19-3)11-8-6-5-7-9-11/h5-10,12-13H,4,16H2,1-3H3/t10?,12-,13?/m0/s1. The summed E-state index contributed by atoms with van der Waals surface area (Å²) in [5.74, 6) is 1.26. The lowest BCUT2D eigenvalue weighted by molar-refractivity contribution is 0.126. The van der Waals surface area contributed by atoms with Crippen molar-refractivity contribution in [2.45, 2.75) is 32.4 Å². The summed E-state index contributed by atoms with van der Waals surface area (Å²) in [6.07, 6.45) is 0.628. The van der Waals surface area contributed by atoms with E-state index in [1.165, 1.54) is 0 Å². The SMILES string of the molecule is CCC(C)[C@H](N)c1nc(C(OC)c2ccccc2)no1. The summed E-state index contributed by atoms with van der Waals surface area (Å²) in [7, 11) is 1.63. The first-order valence-electron chi connectivity index (χ1n) is 6.84. The lowest BCUT2D eigenvalue weighted by Crippen LogP contribution is -2.19. The summed E-state index contributed by atoms with van der Waals surface area (Å²) in [5.41, 5.74) is 7.09. The molecular formula is C15H21N3O2. The summed E-state index contributed by atoms with van der Waals surface area (Å²) >= 11 is 0. The first kappa shape index (κ1) is 14.7. The first-order chi connectivity index (χ1) is 9.67. The van der Waals surface area contributed by atoms with Crippen molar-refractivity contribution >= 4 is 0 Å². The molecular weight excluding hydrogens is 254 g/mol. The molecule has 2 unspecified atom stereocenters. The number of ether oxygens (including phenoxy) is 1. The van der Waals surface area contributed by atoms with Gasteiger partial charge in [0.15, 0.2) is 0 Å². The fraction of sp³-hybridized carbons (Fsp3) is 0.467. The van der Waals surface area contributed by atoms with Crippen LogP contribution in [0.25, 0.3) is 0 Å². The van der Waals surface area contributed by atoms with Crippen molar-refractivity contribution in [2.24, 2.45) is 11.7 Å². The summed E-state index contributed by atoms with van der Waals surface area (Å²) in [5, 5.41) is 4.01. The van der Waals surface area contributed by atoms with E-state index in [4.69, 9.17) is 15.0 Å². The molecule has 0 aliphatic rings.